The number of methoxy groups -OCH3 is 1. The van der Waals surface area contributed by atoms with Gasteiger partial charge in [-0.3, -0.25) is 0 Å². The van der Waals surface area contributed by atoms with Crippen LogP contribution in [0.15, 0.2) is 34.9 Å². The predicted octanol–water partition coefficient (Wildman–Crippen LogP) is 2.00. The predicted molar refractivity (Wildman–Crippen MR) is 80.8 cm³/mol. The number of hydrogen-bond acceptors (Lipinski definition) is 6. The Kier molecular flexibility index (Phi) is 3.78. The molecule has 3 aromatic rings. The van der Waals surface area contributed by atoms with Crippen LogP contribution in [0.2, 0.25) is 0 Å². The molecule has 2 aromatic heterocycles. The van der Waals surface area contributed by atoms with Crippen molar-refractivity contribution in [2.75, 3.05) is 19.0 Å². The van der Waals surface area contributed by atoms with Gasteiger partial charge < -0.3 is 19.0 Å². The minimum absolute atomic E-state index is 0.157. The maximum atomic E-state index is 11.2. The van der Waals surface area contributed by atoms with Gasteiger partial charge in [-0.15, -0.1) is 0 Å². The summed E-state index contributed by atoms with van der Waals surface area (Å²) in [5.74, 6) is -0.801. The summed E-state index contributed by atoms with van der Waals surface area (Å²) in [4.78, 5) is 11.2. The van der Waals surface area contributed by atoms with E-state index in [2.05, 4.69) is 43.1 Å². The fourth-order valence-electron chi connectivity index (χ4n) is 2.39. The summed E-state index contributed by atoms with van der Waals surface area (Å²) >= 11 is 0. The zero-order valence-electron chi connectivity index (χ0n) is 12.4. The molecule has 7 heteroatoms. The highest BCUT2D eigenvalue weighted by atomic mass is 16.5. The molecule has 0 spiro atoms. The molecule has 0 radical (unpaired) electrons. The minimum atomic E-state index is -0.644. The molecule has 0 saturated carbocycles. The summed E-state index contributed by atoms with van der Waals surface area (Å²) < 4.78 is 11.8. The smallest absolute Gasteiger partial charge is 0.396 e. The molecule has 22 heavy (non-hydrogen) atoms. The Morgan fingerprint density at radius 2 is 2.18 bits per heavy atom. The second kappa shape index (κ2) is 5.88. The molecule has 3 rings (SSSR count). The van der Waals surface area contributed by atoms with Gasteiger partial charge in [-0.2, -0.15) is 0 Å². The van der Waals surface area contributed by atoms with Crippen molar-refractivity contribution in [1.29, 1.82) is 0 Å². The SMILES string of the molecule is COC(=O)c1nnc(NCCc2cn(C)c3ccccc23)o1. The van der Waals surface area contributed by atoms with E-state index in [4.69, 9.17) is 4.42 Å². The monoisotopic (exact) mass is 300 g/mol. The Hall–Kier alpha value is -2.83. The Morgan fingerprint density at radius 1 is 1.36 bits per heavy atom. The van der Waals surface area contributed by atoms with Crippen LogP contribution in [0.3, 0.4) is 0 Å². The highest BCUT2D eigenvalue weighted by Gasteiger charge is 2.14. The van der Waals surface area contributed by atoms with Crippen LogP contribution in [0.1, 0.15) is 16.2 Å². The first kappa shape index (κ1) is 14.1. The maximum absolute atomic E-state index is 11.2. The number of nitrogens with one attached hydrogen (secondary N) is 1. The summed E-state index contributed by atoms with van der Waals surface area (Å²) in [5.41, 5.74) is 2.43. The van der Waals surface area contributed by atoms with Crippen molar-refractivity contribution >= 4 is 22.9 Å². The molecule has 0 aliphatic carbocycles. The van der Waals surface area contributed by atoms with Crippen LogP contribution in [0.4, 0.5) is 6.01 Å². The molecule has 114 valence electrons. The third-order valence-electron chi connectivity index (χ3n) is 3.44. The third-order valence-corrected chi connectivity index (χ3v) is 3.44. The van der Waals surface area contributed by atoms with Crippen LogP contribution in [-0.2, 0) is 18.2 Å². The van der Waals surface area contributed by atoms with Crippen LogP contribution in [0, 0.1) is 0 Å². The molecular weight excluding hydrogens is 284 g/mol. The van der Waals surface area contributed by atoms with E-state index >= 15 is 0 Å². The number of rotatable bonds is 5. The summed E-state index contributed by atoms with van der Waals surface area (Å²) in [6.07, 6.45) is 2.91. The lowest BCUT2D eigenvalue weighted by molar-refractivity contribution is 0.0557. The van der Waals surface area contributed by atoms with E-state index in [9.17, 15) is 4.79 Å². The van der Waals surface area contributed by atoms with Crippen LogP contribution >= 0.6 is 0 Å². The maximum Gasteiger partial charge on any atom is 0.396 e. The fourth-order valence-corrected chi connectivity index (χ4v) is 2.39. The molecule has 0 unspecified atom stereocenters. The number of nitrogens with zero attached hydrogens (tertiary/aromatic N) is 3. The molecule has 1 N–H and O–H groups in total. The lowest BCUT2D eigenvalue weighted by Crippen LogP contribution is -2.05. The Labute approximate surface area is 126 Å². The van der Waals surface area contributed by atoms with Gasteiger partial charge in [0.15, 0.2) is 0 Å². The number of para-hydroxylation sites is 1. The van der Waals surface area contributed by atoms with Crippen molar-refractivity contribution in [2.24, 2.45) is 7.05 Å². The van der Waals surface area contributed by atoms with Crippen molar-refractivity contribution in [3.63, 3.8) is 0 Å². The zero-order valence-corrected chi connectivity index (χ0v) is 12.4. The summed E-state index contributed by atoms with van der Waals surface area (Å²) in [5, 5.41) is 11.6. The number of ether oxygens (including phenoxy) is 1. The molecule has 0 saturated heterocycles. The van der Waals surface area contributed by atoms with Gasteiger partial charge in [0.2, 0.25) is 0 Å². The Morgan fingerprint density at radius 3 is 3.00 bits per heavy atom. The van der Waals surface area contributed by atoms with Gasteiger partial charge in [0.25, 0.3) is 0 Å². The third kappa shape index (κ3) is 2.65. The number of carbonyl (C=O) groups is 1. The molecule has 2 heterocycles. The number of hydrogen-bond donors (Lipinski definition) is 1. The van der Waals surface area contributed by atoms with E-state index in [0.29, 0.717) is 6.54 Å². The molecule has 0 bridgehead atoms. The first-order valence-corrected chi connectivity index (χ1v) is 6.87. The van der Waals surface area contributed by atoms with Gasteiger partial charge in [-0.05, 0) is 18.1 Å². The van der Waals surface area contributed by atoms with Crippen molar-refractivity contribution in [2.45, 2.75) is 6.42 Å². The van der Waals surface area contributed by atoms with Crippen molar-refractivity contribution in [1.82, 2.24) is 14.8 Å². The van der Waals surface area contributed by atoms with Crippen molar-refractivity contribution in [3.05, 3.63) is 41.9 Å². The fraction of sp³-hybridized carbons (Fsp3) is 0.267. The van der Waals surface area contributed by atoms with E-state index in [1.807, 2.05) is 19.2 Å². The average molecular weight is 300 g/mol. The molecule has 0 atom stereocenters. The molecule has 7 nitrogen and oxygen atoms in total. The highest BCUT2D eigenvalue weighted by Crippen LogP contribution is 2.20. The molecule has 0 amide bonds. The van der Waals surface area contributed by atoms with E-state index in [0.717, 1.165) is 6.42 Å². The normalized spacial score (nSPS) is 10.8. The van der Waals surface area contributed by atoms with Crippen LogP contribution in [0.5, 0.6) is 0 Å². The Balaban J connectivity index is 1.65. The van der Waals surface area contributed by atoms with Crippen molar-refractivity contribution < 1.29 is 13.9 Å². The number of benzene rings is 1. The largest absolute Gasteiger partial charge is 0.462 e. The first-order valence-electron chi connectivity index (χ1n) is 6.87. The zero-order chi connectivity index (χ0) is 15.5. The first-order chi connectivity index (χ1) is 10.7. The highest BCUT2D eigenvalue weighted by molar-refractivity contribution is 5.84. The van der Waals surface area contributed by atoms with Gasteiger partial charge >= 0.3 is 17.9 Å². The van der Waals surface area contributed by atoms with E-state index in [-0.39, 0.29) is 11.9 Å². The Bertz CT molecular complexity index is 806. The standard InChI is InChI=1S/C15H16N4O3/c1-19-9-10(11-5-3-4-6-12(11)19)7-8-16-15-18-17-13(22-15)14(20)21-2/h3-6,9H,7-8H2,1-2H3,(H,16,18). The number of aryl methyl sites for hydroxylation is 1. The number of anilines is 1. The van der Waals surface area contributed by atoms with Gasteiger partial charge in [0, 0.05) is 30.7 Å². The molecule has 0 aliphatic heterocycles. The number of carbonyl (C=O) groups excluding carboxylic acids is 1. The summed E-state index contributed by atoms with van der Waals surface area (Å²) in [6, 6.07) is 8.46. The molecular formula is C15H16N4O3. The van der Waals surface area contributed by atoms with E-state index < -0.39 is 5.97 Å². The molecule has 0 fully saturated rings. The van der Waals surface area contributed by atoms with Crippen LogP contribution in [0.25, 0.3) is 10.9 Å². The van der Waals surface area contributed by atoms with Crippen LogP contribution in [-0.4, -0.2) is 34.4 Å². The van der Waals surface area contributed by atoms with Gasteiger partial charge in [0.05, 0.1) is 7.11 Å². The van der Waals surface area contributed by atoms with Crippen LogP contribution < -0.4 is 5.32 Å². The summed E-state index contributed by atoms with van der Waals surface area (Å²) in [6.45, 7) is 0.622. The van der Waals surface area contributed by atoms with Gasteiger partial charge in [0.1, 0.15) is 0 Å². The number of fused-ring (bicyclic) bond motifs is 1. The quantitative estimate of drug-likeness (QED) is 0.726. The van der Waals surface area contributed by atoms with Crippen molar-refractivity contribution in [3.8, 4) is 0 Å². The topological polar surface area (TPSA) is 82.2 Å². The summed E-state index contributed by atoms with van der Waals surface area (Å²) in [7, 11) is 3.29. The number of esters is 1. The second-order valence-electron chi connectivity index (χ2n) is 4.86. The van der Waals surface area contributed by atoms with Gasteiger partial charge in [-0.25, -0.2) is 4.79 Å². The lowest BCUT2D eigenvalue weighted by Gasteiger charge is -2.00. The average Bonchev–Trinajstić information content (AvgIpc) is 3.13. The minimum Gasteiger partial charge on any atom is -0.462 e. The van der Waals surface area contributed by atoms with Gasteiger partial charge in [-0.1, -0.05) is 28.4 Å². The molecule has 1 aromatic carbocycles. The number of aromatic nitrogens is 3. The van der Waals surface area contributed by atoms with E-state index in [1.54, 1.807) is 0 Å². The molecule has 0 aliphatic rings. The lowest BCUT2D eigenvalue weighted by atomic mass is 10.1. The van der Waals surface area contributed by atoms with E-state index in [1.165, 1.54) is 23.6 Å². The second-order valence-corrected chi connectivity index (χ2v) is 4.86.